The van der Waals surface area contributed by atoms with Crippen LogP contribution in [0.25, 0.3) is 0 Å². The van der Waals surface area contributed by atoms with E-state index >= 15 is 0 Å². The van der Waals surface area contributed by atoms with E-state index in [-0.39, 0.29) is 17.3 Å². The molecule has 0 aromatic heterocycles. The number of nitriles is 1. The number of rotatable bonds is 2. The van der Waals surface area contributed by atoms with E-state index in [2.05, 4.69) is 6.07 Å². The fourth-order valence-corrected chi connectivity index (χ4v) is 4.04. The van der Waals surface area contributed by atoms with Gasteiger partial charge in [-0.1, -0.05) is 30.3 Å². The summed E-state index contributed by atoms with van der Waals surface area (Å²) in [5.41, 5.74) is 7.39. The molecule has 1 fully saturated rings. The molecule has 2 aliphatic heterocycles. The van der Waals surface area contributed by atoms with Crippen LogP contribution in [-0.4, -0.2) is 29.6 Å². The molecule has 1 saturated heterocycles. The van der Waals surface area contributed by atoms with Crippen LogP contribution in [0, 0.1) is 11.3 Å². The first-order chi connectivity index (χ1) is 11.6. The number of fused-ring (bicyclic) bond motifs is 1. The average Bonchev–Trinajstić information content (AvgIpc) is 2.61. The highest BCUT2D eigenvalue weighted by atomic mass is 32.2. The van der Waals surface area contributed by atoms with Crippen LogP contribution in [-0.2, 0) is 14.3 Å². The highest BCUT2D eigenvalue weighted by molar-refractivity contribution is 8.03. The Hall–Kier alpha value is -2.72. The number of amides is 1. The smallest absolute Gasteiger partial charge is 0.338 e. The molecule has 0 saturated carbocycles. The minimum atomic E-state index is -0.645. The van der Waals surface area contributed by atoms with Crippen molar-refractivity contribution in [2.45, 2.75) is 12.3 Å². The fourth-order valence-electron chi connectivity index (χ4n) is 2.93. The Morgan fingerprint density at radius 1 is 1.42 bits per heavy atom. The van der Waals surface area contributed by atoms with Gasteiger partial charge in [0.1, 0.15) is 5.82 Å². The summed E-state index contributed by atoms with van der Waals surface area (Å²) in [7, 11) is 1.25. The van der Waals surface area contributed by atoms with E-state index in [1.807, 2.05) is 30.3 Å². The number of allylic oxidation sites excluding steroid dienone is 1. The first kappa shape index (κ1) is 16.1. The molecule has 0 aliphatic carbocycles. The third-order valence-corrected chi connectivity index (χ3v) is 5.07. The highest BCUT2D eigenvalue weighted by Gasteiger charge is 2.42. The van der Waals surface area contributed by atoms with Crippen molar-refractivity contribution in [3.05, 3.63) is 57.9 Å². The van der Waals surface area contributed by atoms with Crippen LogP contribution >= 0.6 is 11.8 Å². The summed E-state index contributed by atoms with van der Waals surface area (Å²) >= 11 is 1.40. The Labute approximate surface area is 143 Å². The quantitative estimate of drug-likeness (QED) is 0.824. The molecule has 1 amide bonds. The fraction of sp³-hybridized carbons (Fsp3) is 0.235. The molecule has 24 heavy (non-hydrogen) atoms. The number of nitrogens with zero attached hydrogens (tertiary/aromatic N) is 2. The molecule has 3 rings (SSSR count). The summed E-state index contributed by atoms with van der Waals surface area (Å²) in [5.74, 6) is -0.883. The van der Waals surface area contributed by atoms with Crippen molar-refractivity contribution in [1.29, 1.82) is 5.26 Å². The molecule has 1 aromatic carbocycles. The summed E-state index contributed by atoms with van der Waals surface area (Å²) in [4.78, 5) is 25.9. The zero-order valence-electron chi connectivity index (χ0n) is 13.0. The lowest BCUT2D eigenvalue weighted by molar-refractivity contribution is -0.136. The van der Waals surface area contributed by atoms with Crippen molar-refractivity contribution in [2.24, 2.45) is 5.73 Å². The maximum Gasteiger partial charge on any atom is 0.338 e. The molecule has 1 atom stereocenters. The van der Waals surface area contributed by atoms with Gasteiger partial charge < -0.3 is 10.5 Å². The predicted molar refractivity (Wildman–Crippen MR) is 89.0 cm³/mol. The van der Waals surface area contributed by atoms with E-state index in [4.69, 9.17) is 10.5 Å². The lowest BCUT2D eigenvalue weighted by Crippen LogP contribution is -2.42. The number of carbonyl (C=O) groups is 2. The number of benzene rings is 1. The van der Waals surface area contributed by atoms with Crippen molar-refractivity contribution < 1.29 is 14.3 Å². The number of carbonyl (C=O) groups excluding carboxylic acids is 2. The van der Waals surface area contributed by atoms with Crippen molar-refractivity contribution in [3.8, 4) is 6.07 Å². The highest BCUT2D eigenvalue weighted by Crippen LogP contribution is 2.46. The van der Waals surface area contributed by atoms with Crippen molar-refractivity contribution in [2.75, 3.05) is 12.9 Å². The van der Waals surface area contributed by atoms with Gasteiger partial charge in [0, 0.05) is 12.2 Å². The van der Waals surface area contributed by atoms with Gasteiger partial charge in [0.05, 0.1) is 35.3 Å². The molecule has 6 nitrogen and oxygen atoms in total. The Morgan fingerprint density at radius 3 is 2.75 bits per heavy atom. The Morgan fingerprint density at radius 2 is 2.12 bits per heavy atom. The van der Waals surface area contributed by atoms with Crippen molar-refractivity contribution >= 4 is 23.6 Å². The molecule has 2 heterocycles. The Balaban J connectivity index is 2.27. The number of nitrogens with two attached hydrogens (primary N) is 1. The number of esters is 1. The third kappa shape index (κ3) is 2.45. The van der Waals surface area contributed by atoms with E-state index in [0.29, 0.717) is 22.8 Å². The summed E-state index contributed by atoms with van der Waals surface area (Å²) in [6, 6.07) is 11.3. The Kier molecular flexibility index (Phi) is 4.32. The molecule has 1 unspecified atom stereocenters. The molecular formula is C17H15N3O3S. The molecule has 0 spiro atoms. The van der Waals surface area contributed by atoms with E-state index in [1.54, 1.807) is 0 Å². The Bertz CT molecular complexity index is 808. The number of hydrogen-bond acceptors (Lipinski definition) is 6. The molecule has 2 N–H and O–H groups in total. The van der Waals surface area contributed by atoms with Gasteiger partial charge in [-0.25, -0.2) is 4.79 Å². The normalized spacial score (nSPS) is 20.6. The summed E-state index contributed by atoms with van der Waals surface area (Å²) in [5, 5.41) is 10.2. The number of thioether (sulfide) groups is 1. The third-order valence-electron chi connectivity index (χ3n) is 3.99. The molecule has 0 bridgehead atoms. The van der Waals surface area contributed by atoms with Crippen LogP contribution in [0.3, 0.4) is 0 Å². The van der Waals surface area contributed by atoms with Crippen LogP contribution in [0.5, 0.6) is 0 Å². The molecule has 122 valence electrons. The lowest BCUT2D eigenvalue weighted by Gasteiger charge is -2.37. The lowest BCUT2D eigenvalue weighted by atomic mass is 9.83. The van der Waals surface area contributed by atoms with Crippen LogP contribution in [0.4, 0.5) is 0 Å². The summed E-state index contributed by atoms with van der Waals surface area (Å²) in [6.07, 6.45) is 0.304. The minimum Gasteiger partial charge on any atom is -0.466 e. The first-order valence-corrected chi connectivity index (χ1v) is 8.31. The zero-order chi connectivity index (χ0) is 17.3. The van der Waals surface area contributed by atoms with Crippen LogP contribution in [0.15, 0.2) is 52.3 Å². The van der Waals surface area contributed by atoms with Crippen LogP contribution in [0.2, 0.25) is 0 Å². The predicted octanol–water partition coefficient (Wildman–Crippen LogP) is 1.83. The zero-order valence-corrected chi connectivity index (χ0v) is 13.8. The first-order valence-electron chi connectivity index (χ1n) is 7.33. The van der Waals surface area contributed by atoms with Crippen molar-refractivity contribution in [3.63, 3.8) is 0 Å². The van der Waals surface area contributed by atoms with Crippen molar-refractivity contribution in [1.82, 2.24) is 4.90 Å². The standard InChI is InChI=1S/C17H15N3O3S/c1-23-17(22)14-13(10-5-3-2-4-6-10)11(9-18)16-20(15(14)19)12(21)7-8-24-16/h2-6,13H,7-8,19H2,1H3. The van der Waals surface area contributed by atoms with E-state index in [1.165, 1.54) is 23.8 Å². The molecule has 7 heteroatoms. The molecule has 2 aliphatic rings. The van der Waals surface area contributed by atoms with Gasteiger partial charge in [-0.05, 0) is 5.56 Å². The number of methoxy groups -OCH3 is 1. The van der Waals surface area contributed by atoms with Crippen LogP contribution in [0.1, 0.15) is 17.9 Å². The van der Waals surface area contributed by atoms with Gasteiger partial charge in [0.15, 0.2) is 0 Å². The summed E-state index contributed by atoms with van der Waals surface area (Å²) < 4.78 is 4.87. The monoisotopic (exact) mass is 341 g/mol. The van der Waals surface area contributed by atoms with Gasteiger partial charge >= 0.3 is 5.97 Å². The topological polar surface area (TPSA) is 96.4 Å². The second-order valence-corrected chi connectivity index (χ2v) is 6.38. The minimum absolute atomic E-state index is 0.0434. The van der Waals surface area contributed by atoms with Gasteiger partial charge in [-0.15, -0.1) is 11.8 Å². The summed E-state index contributed by atoms with van der Waals surface area (Å²) in [6.45, 7) is 0. The van der Waals surface area contributed by atoms with Gasteiger partial charge in [-0.3, -0.25) is 9.69 Å². The average molecular weight is 341 g/mol. The van der Waals surface area contributed by atoms with Gasteiger partial charge in [-0.2, -0.15) is 5.26 Å². The van der Waals surface area contributed by atoms with Crippen LogP contribution < -0.4 is 5.73 Å². The molecule has 0 radical (unpaired) electrons. The van der Waals surface area contributed by atoms with E-state index < -0.39 is 11.9 Å². The molecule has 1 aromatic rings. The van der Waals surface area contributed by atoms with E-state index in [9.17, 15) is 14.9 Å². The van der Waals surface area contributed by atoms with Gasteiger partial charge in [0.25, 0.3) is 0 Å². The number of hydrogen-bond donors (Lipinski definition) is 1. The SMILES string of the molecule is COC(=O)C1=C(N)N2C(=O)CCSC2=C(C#N)C1c1ccccc1. The van der Waals surface area contributed by atoms with E-state index in [0.717, 1.165) is 5.56 Å². The van der Waals surface area contributed by atoms with Gasteiger partial charge in [0.2, 0.25) is 5.91 Å². The largest absolute Gasteiger partial charge is 0.466 e. The number of ether oxygens (including phenoxy) is 1. The molecular weight excluding hydrogens is 326 g/mol. The maximum absolute atomic E-state index is 12.4. The second-order valence-electron chi connectivity index (χ2n) is 5.29. The maximum atomic E-state index is 12.4. The second kappa shape index (κ2) is 6.42.